The summed E-state index contributed by atoms with van der Waals surface area (Å²) in [6.07, 6.45) is -4.68. The monoisotopic (exact) mass is 426 g/mol. The van der Waals surface area contributed by atoms with Crippen LogP contribution in [0.15, 0.2) is 48.5 Å². The Morgan fingerprint density at radius 2 is 1.46 bits per heavy atom. The summed E-state index contributed by atoms with van der Waals surface area (Å²) < 4.78 is 23.7. The largest absolute Gasteiger partial charge is 0.394 e. The Balaban J connectivity index is 1.58. The molecule has 2 aliphatic rings. The molecule has 8 heteroatoms. The number of hydrogen-bond acceptors (Lipinski definition) is 6. The van der Waals surface area contributed by atoms with Crippen molar-refractivity contribution in [2.24, 2.45) is 0 Å². The van der Waals surface area contributed by atoms with Crippen LogP contribution < -0.4 is 0 Å². The molecule has 0 saturated carbocycles. The van der Waals surface area contributed by atoms with Crippen LogP contribution >= 0.6 is 23.2 Å². The summed E-state index contributed by atoms with van der Waals surface area (Å²) in [6, 6.07) is 14.1. The lowest BCUT2D eigenvalue weighted by molar-refractivity contribution is -0.239. The molecule has 2 heterocycles. The number of ether oxygens (including phenoxy) is 4. The van der Waals surface area contributed by atoms with E-state index < -0.39 is 37.0 Å². The van der Waals surface area contributed by atoms with Crippen molar-refractivity contribution < 1.29 is 29.2 Å². The quantitative estimate of drug-likeness (QED) is 0.784. The van der Waals surface area contributed by atoms with Gasteiger partial charge in [0.25, 0.3) is 0 Å². The number of fused-ring (bicyclic) bond motifs is 1. The lowest BCUT2D eigenvalue weighted by Crippen LogP contribution is -2.49. The van der Waals surface area contributed by atoms with E-state index in [4.69, 9.17) is 42.1 Å². The van der Waals surface area contributed by atoms with Gasteiger partial charge in [0.1, 0.15) is 24.4 Å². The fourth-order valence-corrected chi connectivity index (χ4v) is 3.82. The second kappa shape index (κ2) is 8.65. The van der Waals surface area contributed by atoms with Crippen molar-refractivity contribution in [2.45, 2.75) is 37.0 Å². The lowest BCUT2D eigenvalue weighted by Gasteiger charge is -2.34. The molecular formula is C20H20Cl2O6. The lowest BCUT2D eigenvalue weighted by atomic mass is 10.0. The summed E-state index contributed by atoms with van der Waals surface area (Å²) in [5, 5.41) is 21.6. The molecule has 150 valence electrons. The van der Waals surface area contributed by atoms with E-state index in [1.165, 1.54) is 0 Å². The Bertz CT molecular complexity index is 819. The van der Waals surface area contributed by atoms with Gasteiger partial charge in [0.15, 0.2) is 12.6 Å². The molecule has 2 N–H and O–H groups in total. The summed E-state index contributed by atoms with van der Waals surface area (Å²) in [7, 11) is 0. The fraction of sp³-hybridized carbons (Fsp3) is 0.400. The fourth-order valence-electron chi connectivity index (χ4n) is 3.42. The highest BCUT2D eigenvalue weighted by molar-refractivity contribution is 6.30. The highest BCUT2D eigenvalue weighted by atomic mass is 35.5. The molecule has 0 spiro atoms. The van der Waals surface area contributed by atoms with Crippen LogP contribution in [0.3, 0.4) is 0 Å². The summed E-state index contributed by atoms with van der Waals surface area (Å²) in [6.45, 7) is -0.359. The Morgan fingerprint density at radius 1 is 0.857 bits per heavy atom. The third kappa shape index (κ3) is 4.20. The van der Waals surface area contributed by atoms with Gasteiger partial charge in [0.2, 0.25) is 0 Å². The van der Waals surface area contributed by atoms with Crippen LogP contribution in [-0.2, 0) is 18.9 Å². The van der Waals surface area contributed by atoms with Gasteiger partial charge in [-0.15, -0.1) is 0 Å². The van der Waals surface area contributed by atoms with E-state index >= 15 is 0 Å². The molecule has 4 rings (SSSR count). The van der Waals surface area contributed by atoms with Crippen LogP contribution in [0.4, 0.5) is 0 Å². The molecule has 0 bridgehead atoms. The van der Waals surface area contributed by atoms with Gasteiger partial charge in [-0.1, -0.05) is 47.5 Å². The van der Waals surface area contributed by atoms with Gasteiger partial charge in [-0.2, -0.15) is 0 Å². The predicted octanol–water partition coefficient (Wildman–Crippen LogP) is 3.24. The van der Waals surface area contributed by atoms with E-state index in [-0.39, 0.29) is 13.2 Å². The first-order chi connectivity index (χ1) is 13.5. The van der Waals surface area contributed by atoms with Crippen LogP contribution in [0.2, 0.25) is 10.0 Å². The zero-order valence-corrected chi connectivity index (χ0v) is 16.3. The van der Waals surface area contributed by atoms with E-state index in [0.29, 0.717) is 15.6 Å². The molecule has 2 saturated heterocycles. The van der Waals surface area contributed by atoms with Gasteiger partial charge >= 0.3 is 0 Å². The smallest absolute Gasteiger partial charge is 0.185 e. The molecule has 6 atom stereocenters. The number of aliphatic hydroxyl groups is 2. The molecule has 2 aromatic carbocycles. The Hall–Kier alpha value is -1.22. The van der Waals surface area contributed by atoms with E-state index in [1.54, 1.807) is 42.5 Å². The first-order valence-electron chi connectivity index (χ1n) is 8.93. The number of hydrogen-bond donors (Lipinski definition) is 2. The van der Waals surface area contributed by atoms with Crippen molar-refractivity contribution in [1.82, 2.24) is 0 Å². The zero-order valence-electron chi connectivity index (χ0n) is 14.8. The number of benzene rings is 2. The van der Waals surface area contributed by atoms with E-state index in [1.807, 2.05) is 6.07 Å². The first kappa shape index (κ1) is 20.1. The second-order valence-corrected chi connectivity index (χ2v) is 7.61. The van der Waals surface area contributed by atoms with E-state index in [2.05, 4.69) is 0 Å². The summed E-state index contributed by atoms with van der Waals surface area (Å²) >= 11 is 12.1. The average Bonchev–Trinajstić information content (AvgIpc) is 3.12. The summed E-state index contributed by atoms with van der Waals surface area (Å²) in [4.78, 5) is 0. The standard InChI is InChI=1S/C20H20Cl2O6/c21-13-5-1-3-11(7-13)19-25-10-15(24)17-18(16(9-23)26-19)28-20(27-17)12-4-2-6-14(22)8-12/h1-8,15-20,23-24H,9-10H2/t15-,16+,17-,18-,19?,20?/m1/s1. The van der Waals surface area contributed by atoms with Gasteiger partial charge in [-0.25, -0.2) is 0 Å². The third-order valence-electron chi connectivity index (χ3n) is 4.77. The molecule has 2 unspecified atom stereocenters. The molecule has 2 aliphatic heterocycles. The highest BCUT2D eigenvalue weighted by Crippen LogP contribution is 2.38. The maximum atomic E-state index is 10.6. The van der Waals surface area contributed by atoms with E-state index in [0.717, 1.165) is 5.56 Å². The predicted molar refractivity (Wildman–Crippen MR) is 102 cm³/mol. The number of rotatable bonds is 3. The van der Waals surface area contributed by atoms with Crippen LogP contribution in [0.1, 0.15) is 23.7 Å². The topological polar surface area (TPSA) is 77.4 Å². The summed E-state index contributed by atoms with van der Waals surface area (Å²) in [5.41, 5.74) is 1.40. The van der Waals surface area contributed by atoms with Gasteiger partial charge in [0, 0.05) is 21.2 Å². The SMILES string of the molecule is OC[C@@H]1OC(c2cccc(Cl)c2)OC[C@@H](O)[C@H]2OC(c3cccc(Cl)c3)O[C@@H]21. The number of aliphatic hydroxyl groups excluding tert-OH is 2. The van der Waals surface area contributed by atoms with Crippen LogP contribution in [0, 0.1) is 0 Å². The first-order valence-corrected chi connectivity index (χ1v) is 9.68. The Morgan fingerprint density at radius 3 is 2.07 bits per heavy atom. The number of halogens is 2. The minimum atomic E-state index is -0.964. The molecule has 28 heavy (non-hydrogen) atoms. The molecule has 0 radical (unpaired) electrons. The van der Waals surface area contributed by atoms with Crippen molar-refractivity contribution in [1.29, 1.82) is 0 Å². The van der Waals surface area contributed by atoms with Gasteiger partial charge in [-0.3, -0.25) is 0 Å². The van der Waals surface area contributed by atoms with Crippen LogP contribution in [0.5, 0.6) is 0 Å². The maximum Gasteiger partial charge on any atom is 0.185 e. The van der Waals surface area contributed by atoms with Gasteiger partial charge in [-0.05, 0) is 24.3 Å². The molecule has 0 amide bonds. The van der Waals surface area contributed by atoms with Crippen LogP contribution in [-0.4, -0.2) is 47.8 Å². The van der Waals surface area contributed by atoms with Crippen molar-refractivity contribution in [3.8, 4) is 0 Å². The zero-order chi connectivity index (χ0) is 19.7. The van der Waals surface area contributed by atoms with Crippen LogP contribution in [0.25, 0.3) is 0 Å². The Kier molecular flexibility index (Phi) is 6.20. The molecule has 0 aliphatic carbocycles. The van der Waals surface area contributed by atoms with Crippen molar-refractivity contribution in [3.63, 3.8) is 0 Å². The maximum absolute atomic E-state index is 10.6. The molecule has 0 aromatic heterocycles. The normalized spacial score (nSPS) is 33.1. The Labute approximate surface area is 172 Å². The highest BCUT2D eigenvalue weighted by Gasteiger charge is 2.47. The molecule has 2 fully saturated rings. The summed E-state index contributed by atoms with van der Waals surface area (Å²) in [5.74, 6) is 0. The second-order valence-electron chi connectivity index (χ2n) is 6.73. The minimum absolute atomic E-state index is 0.0257. The minimum Gasteiger partial charge on any atom is -0.394 e. The van der Waals surface area contributed by atoms with Crippen molar-refractivity contribution >= 4 is 23.2 Å². The third-order valence-corrected chi connectivity index (χ3v) is 5.24. The molecule has 6 nitrogen and oxygen atoms in total. The van der Waals surface area contributed by atoms with Crippen molar-refractivity contribution in [3.05, 3.63) is 69.7 Å². The van der Waals surface area contributed by atoms with Crippen molar-refractivity contribution in [2.75, 3.05) is 13.2 Å². The molecule has 2 aromatic rings. The van der Waals surface area contributed by atoms with Gasteiger partial charge < -0.3 is 29.2 Å². The average molecular weight is 427 g/mol. The van der Waals surface area contributed by atoms with E-state index in [9.17, 15) is 10.2 Å². The van der Waals surface area contributed by atoms with Gasteiger partial charge in [0.05, 0.1) is 13.2 Å². The molecular weight excluding hydrogens is 407 g/mol.